The zero-order valence-electron chi connectivity index (χ0n) is 10.5. The molecule has 6 heteroatoms. The normalized spacial score (nSPS) is 28.4. The highest BCUT2D eigenvalue weighted by atomic mass is 35.5. The molecule has 2 saturated heterocycles. The van der Waals surface area contributed by atoms with Gasteiger partial charge in [0.25, 0.3) is 0 Å². The fraction of sp³-hybridized carbons (Fsp3) is 0.667. The molecule has 0 aromatic carbocycles. The first-order valence-corrected chi connectivity index (χ1v) is 6.82. The molecular weight excluding hydrogens is 250 g/mol. The molecular formula is C12H18ClN5. The second-order valence-corrected chi connectivity index (χ2v) is 5.59. The summed E-state index contributed by atoms with van der Waals surface area (Å²) in [6, 6.07) is 2.89. The Morgan fingerprint density at radius 3 is 3.00 bits per heavy atom. The number of piperazine rings is 1. The topological polar surface area (TPSA) is 58.3 Å². The Morgan fingerprint density at radius 2 is 2.22 bits per heavy atom. The van der Waals surface area contributed by atoms with Crippen molar-refractivity contribution in [3.8, 4) is 0 Å². The number of nitrogens with two attached hydrogens (primary N) is 1. The van der Waals surface area contributed by atoms with Crippen LogP contribution in [0.15, 0.2) is 6.07 Å². The van der Waals surface area contributed by atoms with Gasteiger partial charge in [0, 0.05) is 31.2 Å². The second kappa shape index (κ2) is 4.55. The molecule has 5 nitrogen and oxygen atoms in total. The standard InChI is InChI=1S/C12H18ClN5/c1-8-6-17-4-2-3-9(17)7-18(8)11-5-10(13)15-12(14)16-11/h5,8-9H,2-4,6-7H2,1H3,(H2,14,15,16). The minimum absolute atomic E-state index is 0.249. The van der Waals surface area contributed by atoms with Crippen molar-refractivity contribution in [1.82, 2.24) is 14.9 Å². The van der Waals surface area contributed by atoms with Gasteiger partial charge in [0.1, 0.15) is 11.0 Å². The van der Waals surface area contributed by atoms with E-state index in [0.717, 1.165) is 18.9 Å². The van der Waals surface area contributed by atoms with E-state index in [9.17, 15) is 0 Å². The van der Waals surface area contributed by atoms with Crippen LogP contribution in [-0.2, 0) is 0 Å². The van der Waals surface area contributed by atoms with Crippen molar-refractivity contribution in [2.45, 2.75) is 31.8 Å². The lowest BCUT2D eigenvalue weighted by molar-refractivity contribution is 0.202. The lowest BCUT2D eigenvalue weighted by atomic mass is 10.1. The summed E-state index contributed by atoms with van der Waals surface area (Å²) in [5.74, 6) is 1.10. The zero-order valence-corrected chi connectivity index (χ0v) is 11.3. The molecule has 0 aliphatic carbocycles. The van der Waals surface area contributed by atoms with Gasteiger partial charge >= 0.3 is 0 Å². The molecule has 2 fully saturated rings. The average molecular weight is 268 g/mol. The van der Waals surface area contributed by atoms with Crippen molar-refractivity contribution in [2.24, 2.45) is 0 Å². The lowest BCUT2D eigenvalue weighted by Gasteiger charge is -2.43. The van der Waals surface area contributed by atoms with Gasteiger partial charge in [0.15, 0.2) is 0 Å². The fourth-order valence-corrected chi connectivity index (χ4v) is 3.26. The maximum absolute atomic E-state index is 5.96. The lowest BCUT2D eigenvalue weighted by Crippen LogP contribution is -2.55. The summed E-state index contributed by atoms with van der Waals surface area (Å²) in [4.78, 5) is 13.1. The van der Waals surface area contributed by atoms with E-state index < -0.39 is 0 Å². The van der Waals surface area contributed by atoms with Crippen LogP contribution in [0.5, 0.6) is 0 Å². The third kappa shape index (κ3) is 2.12. The van der Waals surface area contributed by atoms with Crippen molar-refractivity contribution in [2.75, 3.05) is 30.3 Å². The summed E-state index contributed by atoms with van der Waals surface area (Å²) < 4.78 is 0. The molecule has 0 radical (unpaired) electrons. The molecule has 1 aromatic heterocycles. The van der Waals surface area contributed by atoms with E-state index in [2.05, 4.69) is 26.7 Å². The molecule has 2 aliphatic rings. The van der Waals surface area contributed by atoms with Crippen molar-refractivity contribution in [3.05, 3.63) is 11.2 Å². The Bertz CT molecular complexity index is 432. The molecule has 3 rings (SSSR count). The predicted molar refractivity (Wildman–Crippen MR) is 72.9 cm³/mol. The number of halogens is 1. The molecule has 0 spiro atoms. The number of nitrogen functional groups attached to an aromatic ring is 1. The first-order chi connectivity index (χ1) is 8.63. The molecule has 18 heavy (non-hydrogen) atoms. The predicted octanol–water partition coefficient (Wildman–Crippen LogP) is 1.39. The third-order valence-corrected chi connectivity index (χ3v) is 4.12. The molecule has 0 amide bonds. The minimum atomic E-state index is 0.249. The van der Waals surface area contributed by atoms with Gasteiger partial charge in [0.2, 0.25) is 5.95 Å². The monoisotopic (exact) mass is 267 g/mol. The molecule has 2 unspecified atom stereocenters. The first kappa shape index (κ1) is 12.0. The molecule has 3 heterocycles. The van der Waals surface area contributed by atoms with Gasteiger partial charge in [-0.3, -0.25) is 4.90 Å². The van der Waals surface area contributed by atoms with Crippen LogP contribution in [0, 0.1) is 0 Å². The minimum Gasteiger partial charge on any atom is -0.368 e. The maximum atomic E-state index is 5.96. The van der Waals surface area contributed by atoms with E-state index >= 15 is 0 Å². The van der Waals surface area contributed by atoms with Gasteiger partial charge in [-0.15, -0.1) is 0 Å². The van der Waals surface area contributed by atoms with Crippen molar-refractivity contribution in [1.29, 1.82) is 0 Å². The Labute approximate surface area is 112 Å². The van der Waals surface area contributed by atoms with Crippen LogP contribution in [0.2, 0.25) is 5.15 Å². The maximum Gasteiger partial charge on any atom is 0.223 e. The molecule has 98 valence electrons. The summed E-state index contributed by atoms with van der Waals surface area (Å²) >= 11 is 5.96. The van der Waals surface area contributed by atoms with E-state index in [-0.39, 0.29) is 5.95 Å². The quantitative estimate of drug-likeness (QED) is 0.779. The molecule has 0 saturated carbocycles. The third-order valence-electron chi connectivity index (χ3n) is 3.93. The highest BCUT2D eigenvalue weighted by molar-refractivity contribution is 6.29. The number of hydrogen-bond donors (Lipinski definition) is 1. The second-order valence-electron chi connectivity index (χ2n) is 5.20. The molecule has 2 atom stereocenters. The molecule has 2 aliphatic heterocycles. The van der Waals surface area contributed by atoms with Crippen LogP contribution in [0.1, 0.15) is 19.8 Å². The van der Waals surface area contributed by atoms with Gasteiger partial charge in [-0.25, -0.2) is 4.98 Å². The van der Waals surface area contributed by atoms with Gasteiger partial charge in [0.05, 0.1) is 0 Å². The molecule has 0 bridgehead atoms. The van der Waals surface area contributed by atoms with E-state index in [1.54, 1.807) is 6.07 Å². The van der Waals surface area contributed by atoms with Crippen molar-refractivity contribution >= 4 is 23.4 Å². The largest absolute Gasteiger partial charge is 0.368 e. The van der Waals surface area contributed by atoms with E-state index in [1.165, 1.54) is 19.4 Å². The van der Waals surface area contributed by atoms with Gasteiger partial charge in [-0.05, 0) is 26.3 Å². The Morgan fingerprint density at radius 1 is 1.39 bits per heavy atom. The van der Waals surface area contributed by atoms with Crippen LogP contribution < -0.4 is 10.6 Å². The van der Waals surface area contributed by atoms with Crippen LogP contribution in [0.25, 0.3) is 0 Å². The highest BCUT2D eigenvalue weighted by Crippen LogP contribution is 2.28. The van der Waals surface area contributed by atoms with E-state index in [0.29, 0.717) is 17.2 Å². The van der Waals surface area contributed by atoms with E-state index in [1.807, 2.05) is 0 Å². The van der Waals surface area contributed by atoms with Crippen LogP contribution in [0.4, 0.5) is 11.8 Å². The van der Waals surface area contributed by atoms with Gasteiger partial charge in [-0.2, -0.15) is 4.98 Å². The van der Waals surface area contributed by atoms with Crippen molar-refractivity contribution < 1.29 is 0 Å². The summed E-state index contributed by atoms with van der Waals surface area (Å²) in [6.45, 7) is 5.55. The number of aromatic nitrogens is 2. The smallest absolute Gasteiger partial charge is 0.223 e. The van der Waals surface area contributed by atoms with Crippen molar-refractivity contribution in [3.63, 3.8) is 0 Å². The van der Waals surface area contributed by atoms with Crippen LogP contribution in [-0.4, -0.2) is 46.6 Å². The average Bonchev–Trinajstić information content (AvgIpc) is 2.73. The zero-order chi connectivity index (χ0) is 12.7. The first-order valence-electron chi connectivity index (χ1n) is 6.44. The summed E-state index contributed by atoms with van der Waals surface area (Å²) in [7, 11) is 0. The van der Waals surface area contributed by atoms with Crippen LogP contribution in [0.3, 0.4) is 0 Å². The SMILES string of the molecule is CC1CN2CCCC2CN1c1cc(Cl)nc(N)n1. The summed E-state index contributed by atoms with van der Waals surface area (Å²) in [5, 5.41) is 0.415. The fourth-order valence-electron chi connectivity index (χ4n) is 3.08. The summed E-state index contributed by atoms with van der Waals surface area (Å²) in [6.07, 6.45) is 2.58. The number of rotatable bonds is 1. The number of nitrogens with zero attached hydrogens (tertiary/aromatic N) is 4. The number of fused-ring (bicyclic) bond motifs is 1. The Balaban J connectivity index is 1.86. The molecule has 2 N–H and O–H groups in total. The number of hydrogen-bond acceptors (Lipinski definition) is 5. The van der Waals surface area contributed by atoms with Gasteiger partial charge < -0.3 is 10.6 Å². The highest BCUT2D eigenvalue weighted by Gasteiger charge is 2.35. The van der Waals surface area contributed by atoms with E-state index in [4.69, 9.17) is 17.3 Å². The van der Waals surface area contributed by atoms with Crippen LogP contribution >= 0.6 is 11.6 Å². The van der Waals surface area contributed by atoms with Gasteiger partial charge in [-0.1, -0.05) is 11.6 Å². The molecule has 1 aromatic rings. The summed E-state index contributed by atoms with van der Waals surface area (Å²) in [5.41, 5.74) is 5.67. The number of anilines is 2. The Kier molecular flexibility index (Phi) is 3.03. The Hall–Kier alpha value is -1.07.